The third-order valence-electron chi connectivity index (χ3n) is 2.16. The molecule has 0 aliphatic rings. The van der Waals surface area contributed by atoms with E-state index in [-0.39, 0.29) is 5.91 Å². The van der Waals surface area contributed by atoms with Crippen LogP contribution in [0.1, 0.15) is 12.8 Å². The molecule has 0 aromatic heterocycles. The lowest BCUT2D eigenvalue weighted by molar-refractivity contribution is -0.118. The molecule has 0 aliphatic heterocycles. The number of carbonyl (C=O) groups is 1. The Morgan fingerprint density at radius 1 is 1.29 bits per heavy atom. The molecule has 0 saturated heterocycles. The molecule has 1 amide bonds. The second-order valence-corrected chi connectivity index (χ2v) is 3.66. The van der Waals surface area contributed by atoms with Crippen LogP contribution in [0.2, 0.25) is 0 Å². The quantitative estimate of drug-likeness (QED) is 0.580. The molecule has 0 saturated carbocycles. The number of benzene rings is 1. The Morgan fingerprint density at radius 2 is 2.00 bits per heavy atom. The van der Waals surface area contributed by atoms with E-state index in [1.165, 1.54) is 0 Å². The molecule has 0 heterocycles. The zero-order valence-electron chi connectivity index (χ0n) is 9.82. The first-order valence-corrected chi connectivity index (χ1v) is 5.67. The Balaban J connectivity index is 2.27. The minimum Gasteiger partial charge on any atom is -0.494 e. The molecule has 5 N–H and O–H groups in total. The summed E-state index contributed by atoms with van der Waals surface area (Å²) >= 11 is 0. The fourth-order valence-electron chi connectivity index (χ4n) is 1.32. The zero-order valence-corrected chi connectivity index (χ0v) is 9.82. The lowest BCUT2D eigenvalue weighted by Gasteiger charge is -2.07. The second kappa shape index (κ2) is 7.51. The van der Waals surface area contributed by atoms with Gasteiger partial charge in [-0.05, 0) is 30.7 Å². The van der Waals surface area contributed by atoms with E-state index < -0.39 is 0 Å². The van der Waals surface area contributed by atoms with Gasteiger partial charge in [0, 0.05) is 25.2 Å². The van der Waals surface area contributed by atoms with Crippen LogP contribution in [0, 0.1) is 0 Å². The number of anilines is 1. The third kappa shape index (κ3) is 5.77. The van der Waals surface area contributed by atoms with Gasteiger partial charge in [0.2, 0.25) is 5.91 Å². The molecule has 0 spiro atoms. The van der Waals surface area contributed by atoms with Crippen LogP contribution in [0.15, 0.2) is 24.3 Å². The van der Waals surface area contributed by atoms with E-state index in [2.05, 4.69) is 5.32 Å². The van der Waals surface area contributed by atoms with Crippen molar-refractivity contribution in [1.82, 2.24) is 0 Å². The van der Waals surface area contributed by atoms with Crippen molar-refractivity contribution < 1.29 is 9.53 Å². The smallest absolute Gasteiger partial charge is 0.217 e. The number of carbonyl (C=O) groups excluding carboxylic acids is 1. The molecular weight excluding hydrogens is 218 g/mol. The minimum absolute atomic E-state index is 0.296. The first-order valence-electron chi connectivity index (χ1n) is 5.67. The summed E-state index contributed by atoms with van der Waals surface area (Å²) in [5.41, 5.74) is 11.4. The molecule has 17 heavy (non-hydrogen) atoms. The third-order valence-corrected chi connectivity index (χ3v) is 2.16. The predicted octanol–water partition coefficient (Wildman–Crippen LogP) is 0.702. The van der Waals surface area contributed by atoms with Crippen molar-refractivity contribution >= 4 is 11.6 Å². The first-order chi connectivity index (χ1) is 8.22. The molecule has 5 heteroatoms. The number of nitrogens with one attached hydrogen (secondary N) is 1. The highest BCUT2D eigenvalue weighted by molar-refractivity contribution is 5.73. The number of hydrogen-bond donors (Lipinski definition) is 3. The summed E-state index contributed by atoms with van der Waals surface area (Å²) < 4.78 is 5.46. The van der Waals surface area contributed by atoms with Crippen LogP contribution in [0.3, 0.4) is 0 Å². The average molecular weight is 237 g/mol. The maximum absolute atomic E-state index is 10.5. The van der Waals surface area contributed by atoms with Gasteiger partial charge in [-0.2, -0.15) is 0 Å². The molecule has 1 aromatic carbocycles. The number of rotatable bonds is 8. The fraction of sp³-hybridized carbons (Fsp3) is 0.417. The molecule has 0 fully saturated rings. The first kappa shape index (κ1) is 13.3. The summed E-state index contributed by atoms with van der Waals surface area (Å²) in [6.45, 7) is 1.85. The van der Waals surface area contributed by atoms with Gasteiger partial charge >= 0.3 is 0 Å². The van der Waals surface area contributed by atoms with Crippen LogP contribution in [0.5, 0.6) is 5.75 Å². The van der Waals surface area contributed by atoms with Crippen molar-refractivity contribution in [2.24, 2.45) is 11.5 Å². The molecule has 0 radical (unpaired) electrons. The average Bonchev–Trinajstić information content (AvgIpc) is 2.33. The monoisotopic (exact) mass is 237 g/mol. The van der Waals surface area contributed by atoms with E-state index in [0.717, 1.165) is 18.0 Å². The van der Waals surface area contributed by atoms with Crippen molar-refractivity contribution in [3.63, 3.8) is 0 Å². The zero-order chi connectivity index (χ0) is 12.5. The van der Waals surface area contributed by atoms with Gasteiger partial charge in [-0.1, -0.05) is 0 Å². The number of hydrogen-bond acceptors (Lipinski definition) is 4. The van der Waals surface area contributed by atoms with Gasteiger partial charge in [0.15, 0.2) is 0 Å². The Morgan fingerprint density at radius 3 is 2.59 bits per heavy atom. The molecule has 1 aromatic rings. The van der Waals surface area contributed by atoms with Gasteiger partial charge in [-0.3, -0.25) is 4.79 Å². The lowest BCUT2D eigenvalue weighted by Crippen LogP contribution is -2.13. The van der Waals surface area contributed by atoms with E-state index in [4.69, 9.17) is 16.2 Å². The molecular formula is C12H19N3O2. The Hall–Kier alpha value is -1.75. The van der Waals surface area contributed by atoms with Gasteiger partial charge in [-0.15, -0.1) is 0 Å². The van der Waals surface area contributed by atoms with E-state index in [1.54, 1.807) is 0 Å². The highest BCUT2D eigenvalue weighted by atomic mass is 16.5. The molecule has 0 atom stereocenters. The predicted molar refractivity (Wildman–Crippen MR) is 67.9 cm³/mol. The molecule has 0 bridgehead atoms. The van der Waals surface area contributed by atoms with E-state index in [1.807, 2.05) is 24.3 Å². The Kier molecular flexibility index (Phi) is 5.88. The van der Waals surface area contributed by atoms with Gasteiger partial charge in [0.05, 0.1) is 6.61 Å². The van der Waals surface area contributed by atoms with Gasteiger partial charge in [-0.25, -0.2) is 0 Å². The van der Waals surface area contributed by atoms with Crippen molar-refractivity contribution in [2.45, 2.75) is 12.8 Å². The van der Waals surface area contributed by atoms with Gasteiger partial charge < -0.3 is 21.5 Å². The normalized spacial score (nSPS) is 9.94. The lowest BCUT2D eigenvalue weighted by atomic mass is 10.3. The van der Waals surface area contributed by atoms with Crippen LogP contribution in [0.4, 0.5) is 5.69 Å². The molecule has 94 valence electrons. The number of primary amides is 1. The number of ether oxygens (including phenoxy) is 1. The highest BCUT2D eigenvalue weighted by Gasteiger charge is 1.97. The van der Waals surface area contributed by atoms with Crippen molar-refractivity contribution in [1.29, 1.82) is 0 Å². The van der Waals surface area contributed by atoms with Gasteiger partial charge in [0.25, 0.3) is 0 Å². The molecule has 0 aliphatic carbocycles. The summed E-state index contributed by atoms with van der Waals surface area (Å²) in [4.78, 5) is 10.5. The maximum atomic E-state index is 10.5. The van der Waals surface area contributed by atoms with Crippen molar-refractivity contribution in [3.8, 4) is 5.75 Å². The topological polar surface area (TPSA) is 90.4 Å². The van der Waals surface area contributed by atoms with Gasteiger partial charge in [0.1, 0.15) is 5.75 Å². The minimum atomic E-state index is -0.296. The van der Waals surface area contributed by atoms with Crippen LogP contribution in [-0.2, 0) is 4.79 Å². The molecule has 5 nitrogen and oxygen atoms in total. The maximum Gasteiger partial charge on any atom is 0.217 e. The van der Waals surface area contributed by atoms with E-state index >= 15 is 0 Å². The summed E-state index contributed by atoms with van der Waals surface area (Å²) in [6.07, 6.45) is 0.999. The SMILES string of the molecule is NCCNc1ccc(OCCCC(N)=O)cc1. The second-order valence-electron chi connectivity index (χ2n) is 3.66. The van der Waals surface area contributed by atoms with Crippen LogP contribution in [0.25, 0.3) is 0 Å². The highest BCUT2D eigenvalue weighted by Crippen LogP contribution is 2.15. The van der Waals surface area contributed by atoms with E-state index in [9.17, 15) is 4.79 Å². The summed E-state index contributed by atoms with van der Waals surface area (Å²) in [7, 11) is 0. The summed E-state index contributed by atoms with van der Waals surface area (Å²) in [5.74, 6) is 0.489. The van der Waals surface area contributed by atoms with E-state index in [0.29, 0.717) is 26.0 Å². The van der Waals surface area contributed by atoms with Crippen LogP contribution in [-0.4, -0.2) is 25.6 Å². The summed E-state index contributed by atoms with van der Waals surface area (Å²) in [5, 5.41) is 3.16. The number of nitrogens with two attached hydrogens (primary N) is 2. The Bertz CT molecular complexity index is 338. The standard InChI is InChI=1S/C12H19N3O2/c13-7-8-15-10-3-5-11(6-4-10)17-9-1-2-12(14)16/h3-6,15H,1-2,7-9,13H2,(H2,14,16). The fourth-order valence-corrected chi connectivity index (χ4v) is 1.32. The molecule has 0 unspecified atom stereocenters. The Labute approximate surface area is 101 Å². The summed E-state index contributed by atoms with van der Waals surface area (Å²) in [6, 6.07) is 7.62. The van der Waals surface area contributed by atoms with Crippen LogP contribution >= 0.6 is 0 Å². The van der Waals surface area contributed by atoms with Crippen LogP contribution < -0.4 is 21.5 Å². The van der Waals surface area contributed by atoms with Crippen molar-refractivity contribution in [3.05, 3.63) is 24.3 Å². The number of amides is 1. The molecule has 1 rings (SSSR count). The largest absolute Gasteiger partial charge is 0.494 e. The van der Waals surface area contributed by atoms with Crippen molar-refractivity contribution in [2.75, 3.05) is 25.0 Å².